The van der Waals surface area contributed by atoms with E-state index in [1.54, 1.807) is 0 Å². The Kier molecular flexibility index (Phi) is 7.04. The molecule has 0 radical (unpaired) electrons. The van der Waals surface area contributed by atoms with Crippen molar-refractivity contribution >= 4 is 45.3 Å². The summed E-state index contributed by atoms with van der Waals surface area (Å²) in [5.74, 6) is 1.96. The van der Waals surface area contributed by atoms with Gasteiger partial charge >= 0.3 is 0 Å². The first-order chi connectivity index (χ1) is 26.5. The molecule has 256 valence electrons. The summed E-state index contributed by atoms with van der Waals surface area (Å²) in [5.41, 5.74) is 11.7. The van der Waals surface area contributed by atoms with Crippen LogP contribution in [-0.4, -0.2) is 19.5 Å². The van der Waals surface area contributed by atoms with Crippen LogP contribution in [0.2, 0.25) is 0 Å². The molecule has 1 aliphatic carbocycles. The Morgan fingerprint density at radius 3 is 1.70 bits per heavy atom. The summed E-state index contributed by atoms with van der Waals surface area (Å²) in [6.07, 6.45) is 0. The number of fused-ring (bicyclic) bond motifs is 9. The van der Waals surface area contributed by atoms with Gasteiger partial charge in [-0.05, 0) is 76.9 Å². The maximum Gasteiger partial charge on any atom is 0.164 e. The smallest absolute Gasteiger partial charge is 0.164 e. The predicted molar refractivity (Wildman–Crippen MR) is 223 cm³/mol. The Morgan fingerprint density at radius 2 is 1.04 bits per heavy atom. The maximum atomic E-state index is 5.01. The van der Waals surface area contributed by atoms with Crippen molar-refractivity contribution in [3.8, 4) is 51.0 Å². The molecule has 7 aromatic carbocycles. The average Bonchev–Trinajstić information content (AvgIpc) is 3.68. The number of rotatable bonds is 4. The van der Waals surface area contributed by atoms with Crippen molar-refractivity contribution in [3.63, 3.8) is 0 Å². The zero-order valence-electron chi connectivity index (χ0n) is 29.6. The lowest BCUT2D eigenvalue weighted by atomic mass is 9.82. The second-order valence-electron chi connectivity index (χ2n) is 14.4. The van der Waals surface area contributed by atoms with Gasteiger partial charge in [-0.2, -0.15) is 0 Å². The third-order valence-corrected chi connectivity index (χ3v) is 13.5. The molecule has 0 saturated carbocycles. The van der Waals surface area contributed by atoms with E-state index in [0.717, 1.165) is 22.4 Å². The quantitative estimate of drug-likeness (QED) is 0.180. The normalized spacial score (nSPS) is 13.7. The van der Waals surface area contributed by atoms with Crippen molar-refractivity contribution in [2.45, 2.75) is 38.8 Å². The van der Waals surface area contributed by atoms with E-state index in [1.807, 2.05) is 84.2 Å². The minimum absolute atomic E-state index is 0.0876. The Balaban J connectivity index is 1.12. The van der Waals surface area contributed by atoms with E-state index >= 15 is 0 Å². The van der Waals surface area contributed by atoms with Gasteiger partial charge in [0, 0.05) is 53.3 Å². The summed E-state index contributed by atoms with van der Waals surface area (Å²) >= 11 is 3.75. The number of nitrogens with zero attached hydrogens (tertiary/aromatic N) is 4. The van der Waals surface area contributed by atoms with Crippen LogP contribution >= 0.6 is 23.5 Å². The highest BCUT2D eigenvalue weighted by Crippen LogP contribution is 2.55. The number of hydrogen-bond acceptors (Lipinski definition) is 5. The van der Waals surface area contributed by atoms with Gasteiger partial charge in [-0.1, -0.05) is 140 Å². The third kappa shape index (κ3) is 4.83. The Labute approximate surface area is 322 Å². The van der Waals surface area contributed by atoms with Crippen LogP contribution in [-0.2, 0) is 5.41 Å². The van der Waals surface area contributed by atoms with Gasteiger partial charge in [0.15, 0.2) is 17.5 Å². The van der Waals surface area contributed by atoms with Gasteiger partial charge in [0.05, 0.1) is 15.9 Å². The van der Waals surface area contributed by atoms with Crippen LogP contribution in [0.3, 0.4) is 0 Å². The molecule has 0 spiro atoms. The molecule has 0 saturated heterocycles. The van der Waals surface area contributed by atoms with Crippen LogP contribution in [0.15, 0.2) is 177 Å². The Morgan fingerprint density at radius 1 is 0.463 bits per heavy atom. The van der Waals surface area contributed by atoms with E-state index in [2.05, 4.69) is 115 Å². The fourth-order valence-corrected chi connectivity index (χ4v) is 10.6. The monoisotopic (exact) mass is 728 g/mol. The summed E-state index contributed by atoms with van der Waals surface area (Å²) in [6, 6.07) is 56.3. The summed E-state index contributed by atoms with van der Waals surface area (Å²) in [6.45, 7) is 4.72. The largest absolute Gasteiger partial charge is 0.308 e. The first-order valence-electron chi connectivity index (χ1n) is 18.2. The Bertz CT molecular complexity index is 2890. The molecule has 0 amide bonds. The van der Waals surface area contributed by atoms with Crippen molar-refractivity contribution in [1.82, 2.24) is 19.5 Å². The van der Waals surface area contributed by atoms with Crippen molar-refractivity contribution in [2.75, 3.05) is 0 Å². The van der Waals surface area contributed by atoms with Crippen LogP contribution in [0.5, 0.6) is 0 Å². The lowest BCUT2D eigenvalue weighted by molar-refractivity contribution is 0.661. The van der Waals surface area contributed by atoms with Crippen LogP contribution in [0.4, 0.5) is 0 Å². The van der Waals surface area contributed by atoms with Gasteiger partial charge in [0.2, 0.25) is 0 Å². The highest BCUT2D eigenvalue weighted by atomic mass is 32.2. The average molecular weight is 729 g/mol. The molecular weight excluding hydrogens is 697 g/mol. The highest BCUT2D eigenvalue weighted by molar-refractivity contribution is 8.05. The third-order valence-electron chi connectivity index (χ3n) is 10.9. The van der Waals surface area contributed by atoms with Gasteiger partial charge in [-0.25, -0.2) is 15.0 Å². The van der Waals surface area contributed by atoms with Crippen molar-refractivity contribution in [1.29, 1.82) is 0 Å². The molecular formula is C48H32N4S2. The molecule has 0 fully saturated rings. The molecule has 3 heterocycles. The fraction of sp³-hybridized carbons (Fsp3) is 0.0625. The van der Waals surface area contributed by atoms with E-state index < -0.39 is 0 Å². The topological polar surface area (TPSA) is 43.6 Å². The van der Waals surface area contributed by atoms with E-state index in [4.69, 9.17) is 15.0 Å². The summed E-state index contributed by atoms with van der Waals surface area (Å²) in [5, 5.41) is 2.55. The van der Waals surface area contributed by atoms with Crippen LogP contribution in [0.25, 0.3) is 72.8 Å². The lowest BCUT2D eigenvalue weighted by Gasteiger charge is -2.21. The van der Waals surface area contributed by atoms with E-state index in [0.29, 0.717) is 17.5 Å². The van der Waals surface area contributed by atoms with Gasteiger partial charge in [0.25, 0.3) is 0 Å². The molecule has 9 aromatic rings. The van der Waals surface area contributed by atoms with E-state index in [1.165, 1.54) is 63.6 Å². The standard InChI is InChI=1S/C48H32N4S2/c1-48(2)37-18-10-9-17-33(37)35-28-39-36(27-38(35)48)34-25-26-42-44(54-41-20-12-11-19-40(41)53-42)43(34)52(39)32-23-21-31(22-24-32)47-50-45(29-13-5-3-6-14-29)49-46(51-47)30-15-7-4-8-16-30/h3-28H,1-2H3. The van der Waals surface area contributed by atoms with Gasteiger partial charge < -0.3 is 4.57 Å². The predicted octanol–water partition coefficient (Wildman–Crippen LogP) is 12.9. The molecule has 11 rings (SSSR count). The minimum atomic E-state index is -0.0876. The zero-order valence-corrected chi connectivity index (χ0v) is 31.2. The van der Waals surface area contributed by atoms with E-state index in [-0.39, 0.29) is 5.41 Å². The number of benzene rings is 7. The molecule has 54 heavy (non-hydrogen) atoms. The molecule has 0 atom stereocenters. The van der Waals surface area contributed by atoms with Gasteiger partial charge in [-0.15, -0.1) is 0 Å². The maximum absolute atomic E-state index is 5.01. The SMILES string of the molecule is CC1(C)c2ccccc2-c2cc3c(cc21)c1ccc2c(c1n3-c1ccc(-c3nc(-c4ccccc4)nc(-c4ccccc4)n3)cc1)Sc1ccccc1S2. The van der Waals surface area contributed by atoms with Crippen LogP contribution in [0.1, 0.15) is 25.0 Å². The highest BCUT2D eigenvalue weighted by Gasteiger charge is 2.36. The molecule has 1 aliphatic heterocycles. The lowest BCUT2D eigenvalue weighted by Crippen LogP contribution is -2.14. The first kappa shape index (κ1) is 31.6. The summed E-state index contributed by atoms with van der Waals surface area (Å²) in [7, 11) is 0. The van der Waals surface area contributed by atoms with Crippen molar-refractivity contribution in [3.05, 3.63) is 169 Å². The summed E-state index contributed by atoms with van der Waals surface area (Å²) in [4.78, 5) is 20.1. The molecule has 6 heteroatoms. The second kappa shape index (κ2) is 12.0. The molecule has 0 unspecified atom stereocenters. The van der Waals surface area contributed by atoms with Gasteiger partial charge in [-0.3, -0.25) is 0 Å². The molecule has 4 nitrogen and oxygen atoms in total. The fourth-order valence-electron chi connectivity index (χ4n) is 8.24. The zero-order chi connectivity index (χ0) is 36.0. The first-order valence-corrected chi connectivity index (χ1v) is 19.8. The van der Waals surface area contributed by atoms with Crippen LogP contribution in [0, 0.1) is 0 Å². The number of aromatic nitrogens is 4. The minimum Gasteiger partial charge on any atom is -0.308 e. The molecule has 0 bridgehead atoms. The number of hydrogen-bond donors (Lipinski definition) is 0. The molecule has 0 N–H and O–H groups in total. The summed E-state index contributed by atoms with van der Waals surface area (Å²) < 4.78 is 2.49. The van der Waals surface area contributed by atoms with Crippen LogP contribution < -0.4 is 0 Å². The molecule has 2 aliphatic rings. The molecule has 2 aromatic heterocycles. The van der Waals surface area contributed by atoms with E-state index in [9.17, 15) is 0 Å². The van der Waals surface area contributed by atoms with Gasteiger partial charge in [0.1, 0.15) is 0 Å². The van der Waals surface area contributed by atoms with Crippen molar-refractivity contribution in [2.24, 2.45) is 0 Å². The van der Waals surface area contributed by atoms with Crippen molar-refractivity contribution < 1.29 is 0 Å². The Hall–Kier alpha value is -5.95. The second-order valence-corrected chi connectivity index (χ2v) is 16.6.